The zero-order chi connectivity index (χ0) is 20.8. The molecule has 5 aromatic rings. The van der Waals surface area contributed by atoms with Crippen LogP contribution in [0.4, 0.5) is 8.78 Å². The van der Waals surface area contributed by atoms with Crippen molar-refractivity contribution < 1.29 is 28.9 Å². The molecule has 2 nitrogen and oxygen atoms in total. The molecule has 2 heterocycles. The van der Waals surface area contributed by atoms with E-state index in [1.54, 1.807) is 24.4 Å². The van der Waals surface area contributed by atoms with Crippen molar-refractivity contribution in [3.63, 3.8) is 0 Å². The summed E-state index contributed by atoms with van der Waals surface area (Å²) in [5.41, 5.74) is 3.67. The molecule has 31 heavy (non-hydrogen) atoms. The van der Waals surface area contributed by atoms with Gasteiger partial charge < -0.3 is 4.98 Å². The van der Waals surface area contributed by atoms with Gasteiger partial charge in [-0.15, -0.1) is 48.0 Å². The van der Waals surface area contributed by atoms with Crippen molar-refractivity contribution in [2.45, 2.75) is 0 Å². The van der Waals surface area contributed by atoms with Gasteiger partial charge >= 0.3 is 0 Å². The monoisotopic (exact) mass is 587 g/mol. The Hall–Kier alpha value is -3.27. The number of hydrogen-bond donors (Lipinski definition) is 0. The van der Waals surface area contributed by atoms with Crippen LogP contribution in [0.5, 0.6) is 0 Å². The SMILES string of the molecule is Fc1c[c-]c(-c2ccccn2)c(F)c1.[Ir].[c-]1ccccc1-c1ccc2ccccc2n1. The van der Waals surface area contributed by atoms with E-state index >= 15 is 0 Å². The zero-order valence-corrected chi connectivity index (χ0v) is 18.6. The van der Waals surface area contributed by atoms with Crippen molar-refractivity contribution in [2.24, 2.45) is 0 Å². The predicted octanol–water partition coefficient (Wildman–Crippen LogP) is 6.53. The number of fused-ring (bicyclic) bond motifs is 1. The second kappa shape index (κ2) is 10.7. The smallest absolute Gasteiger partial charge is 0.0595 e. The number of hydrogen-bond acceptors (Lipinski definition) is 2. The van der Waals surface area contributed by atoms with Crippen LogP contribution in [0.2, 0.25) is 0 Å². The summed E-state index contributed by atoms with van der Waals surface area (Å²) in [4.78, 5) is 8.56. The minimum Gasteiger partial charge on any atom is -0.305 e. The minimum absolute atomic E-state index is 0. The standard InChI is InChI=1S/C15H10N.C11H6F2N.Ir/c1-2-6-12(7-3-1)15-11-10-13-8-4-5-9-14(13)16-15;12-8-4-5-9(10(13)7-8)11-3-1-2-6-14-11;/h1-6,8-11H;1-4,6-7H;/q2*-1;. The van der Waals surface area contributed by atoms with Gasteiger partial charge in [0.05, 0.1) is 5.52 Å². The van der Waals surface area contributed by atoms with E-state index in [9.17, 15) is 8.78 Å². The topological polar surface area (TPSA) is 25.8 Å². The van der Waals surface area contributed by atoms with Gasteiger partial charge in [-0.25, -0.2) is 0 Å². The van der Waals surface area contributed by atoms with Gasteiger partial charge in [-0.1, -0.05) is 54.1 Å². The number of benzene rings is 3. The molecule has 0 aliphatic carbocycles. The average Bonchev–Trinajstić information content (AvgIpc) is 2.80. The Kier molecular flexibility index (Phi) is 7.71. The molecule has 0 unspecified atom stereocenters. The van der Waals surface area contributed by atoms with E-state index in [-0.39, 0.29) is 25.7 Å². The Labute approximate surface area is 193 Å². The average molecular weight is 587 g/mol. The molecule has 0 amide bonds. The molecule has 2 aromatic heterocycles. The fourth-order valence-corrected chi connectivity index (χ4v) is 2.92. The summed E-state index contributed by atoms with van der Waals surface area (Å²) in [7, 11) is 0. The first-order valence-electron chi connectivity index (χ1n) is 9.32. The van der Waals surface area contributed by atoms with Crippen LogP contribution in [0, 0.1) is 23.8 Å². The molecular formula is C26H16F2IrN2-2. The van der Waals surface area contributed by atoms with Crippen molar-refractivity contribution >= 4 is 10.9 Å². The summed E-state index contributed by atoms with van der Waals surface area (Å²) in [6.07, 6.45) is 1.55. The van der Waals surface area contributed by atoms with E-state index < -0.39 is 11.6 Å². The molecule has 0 N–H and O–H groups in total. The third-order valence-electron chi connectivity index (χ3n) is 4.36. The molecule has 0 aliphatic rings. The summed E-state index contributed by atoms with van der Waals surface area (Å²) in [5, 5.41) is 1.17. The fraction of sp³-hybridized carbons (Fsp3) is 0. The zero-order valence-electron chi connectivity index (χ0n) is 16.2. The van der Waals surface area contributed by atoms with Gasteiger partial charge in [0.15, 0.2) is 0 Å². The molecule has 155 valence electrons. The third-order valence-corrected chi connectivity index (χ3v) is 4.36. The number of halogens is 2. The Balaban J connectivity index is 0.000000172. The maximum absolute atomic E-state index is 13.2. The van der Waals surface area contributed by atoms with Crippen molar-refractivity contribution in [1.29, 1.82) is 0 Å². The van der Waals surface area contributed by atoms with Crippen LogP contribution in [-0.4, -0.2) is 9.97 Å². The maximum Gasteiger partial charge on any atom is 0.0595 e. The molecule has 0 saturated carbocycles. The van der Waals surface area contributed by atoms with Crippen LogP contribution in [0.15, 0.2) is 97.2 Å². The third kappa shape index (κ3) is 5.66. The normalized spacial score (nSPS) is 10.0. The first-order valence-corrected chi connectivity index (χ1v) is 9.32. The van der Waals surface area contributed by atoms with Crippen LogP contribution in [0.25, 0.3) is 33.4 Å². The number of rotatable bonds is 2. The number of nitrogens with zero attached hydrogens (tertiary/aromatic N) is 2. The van der Waals surface area contributed by atoms with Gasteiger partial charge in [0.1, 0.15) is 0 Å². The molecule has 0 bridgehead atoms. The van der Waals surface area contributed by atoms with Crippen molar-refractivity contribution in [3.05, 3.63) is 121 Å². The Morgan fingerprint density at radius 3 is 2.29 bits per heavy atom. The van der Waals surface area contributed by atoms with Crippen molar-refractivity contribution in [3.8, 4) is 22.5 Å². The van der Waals surface area contributed by atoms with E-state index in [4.69, 9.17) is 0 Å². The van der Waals surface area contributed by atoms with E-state index in [2.05, 4.69) is 34.2 Å². The largest absolute Gasteiger partial charge is 0.305 e. The first kappa shape index (κ1) is 22.4. The summed E-state index contributed by atoms with van der Waals surface area (Å²) in [5.74, 6) is -1.29. The van der Waals surface area contributed by atoms with Crippen molar-refractivity contribution in [2.75, 3.05) is 0 Å². The maximum atomic E-state index is 13.2. The quantitative estimate of drug-likeness (QED) is 0.220. The van der Waals surface area contributed by atoms with Crippen molar-refractivity contribution in [1.82, 2.24) is 9.97 Å². The van der Waals surface area contributed by atoms with Gasteiger partial charge in [0.2, 0.25) is 0 Å². The number of aromatic nitrogens is 2. The minimum atomic E-state index is -0.649. The van der Waals surface area contributed by atoms with E-state index in [0.29, 0.717) is 5.69 Å². The van der Waals surface area contributed by atoms with E-state index in [0.717, 1.165) is 28.9 Å². The van der Waals surface area contributed by atoms with E-state index in [1.807, 2.05) is 48.5 Å². The number of pyridine rings is 2. The molecule has 5 rings (SSSR count). The van der Waals surface area contributed by atoms with Crippen LogP contribution >= 0.6 is 0 Å². The van der Waals surface area contributed by atoms with E-state index in [1.165, 1.54) is 5.39 Å². The Bertz CT molecular complexity index is 1260. The molecule has 0 atom stereocenters. The second-order valence-electron chi connectivity index (χ2n) is 6.42. The molecule has 0 spiro atoms. The summed E-state index contributed by atoms with van der Waals surface area (Å²) in [6.45, 7) is 0. The summed E-state index contributed by atoms with van der Waals surface area (Å²) >= 11 is 0. The van der Waals surface area contributed by atoms with Gasteiger partial charge in [0, 0.05) is 37.9 Å². The van der Waals surface area contributed by atoms with Gasteiger partial charge in [-0.2, -0.15) is 0 Å². The second-order valence-corrected chi connectivity index (χ2v) is 6.42. The molecule has 3 aromatic carbocycles. The van der Waals surface area contributed by atoms with Gasteiger partial charge in [0.25, 0.3) is 0 Å². The molecule has 5 heteroatoms. The fourth-order valence-electron chi connectivity index (χ4n) is 2.92. The molecule has 0 aliphatic heterocycles. The molecule has 0 fully saturated rings. The van der Waals surface area contributed by atoms with Crippen LogP contribution in [-0.2, 0) is 20.1 Å². The molecular weight excluding hydrogens is 571 g/mol. The predicted molar refractivity (Wildman–Crippen MR) is 114 cm³/mol. The Morgan fingerprint density at radius 1 is 0.742 bits per heavy atom. The molecule has 0 saturated heterocycles. The van der Waals surface area contributed by atoms with Crippen LogP contribution in [0.1, 0.15) is 0 Å². The molecule has 1 radical (unpaired) electrons. The van der Waals surface area contributed by atoms with Crippen LogP contribution in [0.3, 0.4) is 0 Å². The Morgan fingerprint density at radius 2 is 1.55 bits per heavy atom. The summed E-state index contributed by atoms with van der Waals surface area (Å²) in [6, 6.07) is 32.9. The summed E-state index contributed by atoms with van der Waals surface area (Å²) < 4.78 is 25.8. The van der Waals surface area contributed by atoms with Crippen LogP contribution < -0.4 is 0 Å². The number of para-hydroxylation sites is 1. The van der Waals surface area contributed by atoms with Gasteiger partial charge in [-0.05, 0) is 28.9 Å². The first-order chi connectivity index (χ1) is 14.7. The van der Waals surface area contributed by atoms with Gasteiger partial charge in [-0.3, -0.25) is 13.8 Å².